The summed E-state index contributed by atoms with van der Waals surface area (Å²) in [4.78, 5) is 65.0. The van der Waals surface area contributed by atoms with E-state index in [-0.39, 0.29) is 26.2 Å². The Kier molecular flexibility index (Phi) is 10.7. The maximum atomic E-state index is 11.8. The van der Waals surface area contributed by atoms with Crippen LogP contribution in [0.15, 0.2) is 122 Å². The molecule has 9 heterocycles. The fourth-order valence-electron chi connectivity index (χ4n) is 8.12. The molecule has 16 heteroatoms. The van der Waals surface area contributed by atoms with Gasteiger partial charge in [-0.05, 0) is 72.8 Å². The summed E-state index contributed by atoms with van der Waals surface area (Å²) in [5, 5.41) is 38.7. The van der Waals surface area contributed by atoms with Crippen LogP contribution >= 0.6 is 0 Å². The Hall–Kier alpha value is -8.92. The van der Waals surface area contributed by atoms with Crippen molar-refractivity contribution in [3.63, 3.8) is 0 Å². The standard InChI is InChI=1S/C48H34N8O8/c57-41(58)25-53-17-1-5-29(21-53)45-33-9-11-35(49-33)46(30-6-2-18-54(22-30)26-42(59)60)37-13-15-39(51-37)48(32-8-4-20-56(24-32)28-44(63)64)40-16-14-38(52-40)47(36-12-10-34(45)50-36)31-7-3-19-55(23-31)27-43(61)62/h1-24H,25-28H2,(H2-4,49,50,51,52,57,58,59,60,61,62,63,64)/p+4. The van der Waals surface area contributed by atoms with Crippen molar-refractivity contribution in [1.29, 1.82) is 0 Å². The van der Waals surface area contributed by atoms with Gasteiger partial charge in [-0.25, -0.2) is 29.1 Å². The smallest absolute Gasteiger partial charge is 0.370 e. The van der Waals surface area contributed by atoms with Crippen LogP contribution in [0.25, 0.3) is 90.9 Å². The quantitative estimate of drug-likeness (QED) is 0.0921. The summed E-state index contributed by atoms with van der Waals surface area (Å²) in [6.45, 7) is -1.10. The van der Waals surface area contributed by atoms with E-state index in [1.807, 2.05) is 72.8 Å². The lowest BCUT2D eigenvalue weighted by Crippen LogP contribution is -2.37. The highest BCUT2D eigenvalue weighted by Gasteiger charge is 2.23. The topological polar surface area (TPSA) is 222 Å². The molecule has 7 aromatic rings. The third-order valence-electron chi connectivity index (χ3n) is 10.6. The van der Waals surface area contributed by atoms with Gasteiger partial charge in [-0.2, -0.15) is 18.3 Å². The molecule has 0 aliphatic carbocycles. The molecule has 0 aromatic carbocycles. The van der Waals surface area contributed by atoms with E-state index >= 15 is 0 Å². The average Bonchev–Trinajstić information content (AvgIpc) is 4.09. The third kappa shape index (κ3) is 8.38. The summed E-state index contributed by atoms with van der Waals surface area (Å²) in [7, 11) is 0. The van der Waals surface area contributed by atoms with Gasteiger partial charge in [0, 0.05) is 85.3 Å². The molecule has 0 fully saturated rings. The molecule has 2 aliphatic heterocycles. The number of aromatic amines is 2. The lowest BCUT2D eigenvalue weighted by Gasteiger charge is -2.06. The SMILES string of the molecule is O=C(O)C[n+]1cccc(-c2c3nc(c(-c4ccc[n+](CC(=O)O)c4)c4ccc([nH]4)c(-c4ccc[n+](CC(=O)O)c4)c4ccc([nH]4)c(-c4ccc[n+](CC(=O)O)c4)c4nc2C=C4)C=C3)c1. The zero-order valence-electron chi connectivity index (χ0n) is 33.8. The number of hydrogen-bond donors (Lipinski definition) is 6. The van der Waals surface area contributed by atoms with Crippen LogP contribution in [0, 0.1) is 0 Å². The predicted molar refractivity (Wildman–Crippen MR) is 232 cm³/mol. The van der Waals surface area contributed by atoms with Crippen molar-refractivity contribution in [3.8, 4) is 44.5 Å². The molecule has 6 N–H and O–H groups in total. The molecular weight excluding hydrogens is 817 g/mol. The first kappa shape index (κ1) is 40.5. The largest absolute Gasteiger partial charge is 0.477 e. The Morgan fingerprint density at radius 1 is 0.391 bits per heavy atom. The molecule has 64 heavy (non-hydrogen) atoms. The molecule has 8 bridgehead atoms. The number of H-pyrrole nitrogens is 2. The summed E-state index contributed by atoms with van der Waals surface area (Å²) >= 11 is 0. The molecule has 0 amide bonds. The highest BCUT2D eigenvalue weighted by atomic mass is 16.4. The van der Waals surface area contributed by atoms with Crippen LogP contribution in [0.4, 0.5) is 0 Å². The van der Waals surface area contributed by atoms with Gasteiger partial charge in [-0.15, -0.1) is 0 Å². The number of fused-ring (bicyclic) bond motifs is 8. The van der Waals surface area contributed by atoms with Crippen molar-refractivity contribution in [2.75, 3.05) is 0 Å². The number of pyridine rings is 4. The van der Waals surface area contributed by atoms with Crippen LogP contribution in [0.5, 0.6) is 0 Å². The fraction of sp³-hybridized carbons (Fsp3) is 0.0833. The normalized spacial score (nSPS) is 11.8. The average molecular weight is 855 g/mol. The maximum Gasteiger partial charge on any atom is 0.370 e. The lowest BCUT2D eigenvalue weighted by molar-refractivity contribution is -0.685. The molecule has 0 unspecified atom stereocenters. The van der Waals surface area contributed by atoms with Crippen molar-refractivity contribution >= 4 is 70.2 Å². The van der Waals surface area contributed by atoms with E-state index < -0.39 is 23.9 Å². The first-order valence-corrected chi connectivity index (χ1v) is 20.0. The van der Waals surface area contributed by atoms with Gasteiger partial charge in [0.1, 0.15) is 0 Å². The third-order valence-corrected chi connectivity index (χ3v) is 10.6. The second-order valence-corrected chi connectivity index (χ2v) is 15.1. The number of carboxylic acid groups (broad SMARTS) is 4. The van der Waals surface area contributed by atoms with E-state index in [1.165, 1.54) is 0 Å². The Bertz CT molecular complexity index is 3170. The minimum absolute atomic E-state index is 0.269. The molecule has 9 rings (SSSR count). The Morgan fingerprint density at radius 3 is 0.969 bits per heavy atom. The molecule has 0 saturated heterocycles. The van der Waals surface area contributed by atoms with Crippen LogP contribution in [0.1, 0.15) is 22.8 Å². The van der Waals surface area contributed by atoms with Crippen LogP contribution in [-0.2, 0) is 45.4 Å². The van der Waals surface area contributed by atoms with Crippen molar-refractivity contribution in [1.82, 2.24) is 19.9 Å². The number of rotatable bonds is 12. The number of aliphatic carboxylic acids is 4. The molecule has 0 atom stereocenters. The molecule has 314 valence electrons. The fourth-order valence-corrected chi connectivity index (χ4v) is 8.12. The maximum absolute atomic E-state index is 11.8. The Morgan fingerprint density at radius 2 is 0.656 bits per heavy atom. The Balaban J connectivity index is 1.44. The highest BCUT2D eigenvalue weighted by molar-refractivity contribution is 5.99. The van der Waals surface area contributed by atoms with Gasteiger partial charge in [0.2, 0.25) is 26.2 Å². The molecule has 0 radical (unpaired) electrons. The predicted octanol–water partition coefficient (Wildman–Crippen LogP) is 4.81. The summed E-state index contributed by atoms with van der Waals surface area (Å²) in [5.41, 5.74) is 10.1. The molecule has 16 nitrogen and oxygen atoms in total. The van der Waals surface area contributed by atoms with E-state index in [1.54, 1.807) is 92.1 Å². The van der Waals surface area contributed by atoms with Crippen LogP contribution in [0.3, 0.4) is 0 Å². The minimum Gasteiger partial charge on any atom is -0.477 e. The van der Waals surface area contributed by atoms with Gasteiger partial charge in [0.15, 0.2) is 49.6 Å². The van der Waals surface area contributed by atoms with Crippen molar-refractivity contribution in [2.45, 2.75) is 26.2 Å². The lowest BCUT2D eigenvalue weighted by atomic mass is 10.0. The second kappa shape index (κ2) is 16.9. The summed E-state index contributed by atoms with van der Waals surface area (Å²) < 4.78 is 6.29. The van der Waals surface area contributed by atoms with Crippen LogP contribution in [-0.4, -0.2) is 64.2 Å². The van der Waals surface area contributed by atoms with Gasteiger partial charge >= 0.3 is 23.9 Å². The zero-order chi connectivity index (χ0) is 44.5. The molecule has 7 aromatic heterocycles. The van der Waals surface area contributed by atoms with E-state index in [4.69, 9.17) is 9.97 Å². The minimum atomic E-state index is -1.01. The number of hydrogen-bond acceptors (Lipinski definition) is 6. The number of carboxylic acids is 4. The van der Waals surface area contributed by atoms with Gasteiger partial charge in [0.05, 0.1) is 28.3 Å². The number of nitrogens with zero attached hydrogens (tertiary/aromatic N) is 6. The first-order chi connectivity index (χ1) is 30.9. The summed E-state index contributed by atoms with van der Waals surface area (Å²) in [6, 6.07) is 22.2. The summed E-state index contributed by atoms with van der Waals surface area (Å²) in [5.74, 6) is -4.04. The number of nitrogens with one attached hydrogen (secondary N) is 2. The monoisotopic (exact) mass is 854 g/mol. The summed E-state index contributed by atoms with van der Waals surface area (Å²) in [6.07, 6.45) is 21.1. The zero-order valence-corrected chi connectivity index (χ0v) is 33.8. The second-order valence-electron chi connectivity index (χ2n) is 15.1. The van der Waals surface area contributed by atoms with Crippen molar-refractivity contribution in [2.24, 2.45) is 0 Å². The Labute approximate surface area is 362 Å². The van der Waals surface area contributed by atoms with Gasteiger partial charge in [-0.1, -0.05) is 0 Å². The van der Waals surface area contributed by atoms with E-state index in [0.29, 0.717) is 89.4 Å². The number of aromatic nitrogens is 8. The molecule has 2 aliphatic rings. The van der Waals surface area contributed by atoms with Crippen LogP contribution in [0.2, 0.25) is 0 Å². The van der Waals surface area contributed by atoms with Gasteiger partial charge in [0.25, 0.3) is 0 Å². The van der Waals surface area contributed by atoms with E-state index in [2.05, 4.69) is 9.97 Å². The van der Waals surface area contributed by atoms with E-state index in [0.717, 1.165) is 0 Å². The van der Waals surface area contributed by atoms with Crippen molar-refractivity contribution in [3.05, 3.63) is 145 Å². The van der Waals surface area contributed by atoms with Gasteiger partial charge in [-0.3, -0.25) is 0 Å². The highest BCUT2D eigenvalue weighted by Crippen LogP contribution is 2.37. The molecular formula is C48H38N8O8+4. The first-order valence-electron chi connectivity index (χ1n) is 20.0. The van der Waals surface area contributed by atoms with Gasteiger partial charge < -0.3 is 30.4 Å². The molecule has 0 spiro atoms. The van der Waals surface area contributed by atoms with Crippen molar-refractivity contribution < 1.29 is 57.9 Å². The molecule has 0 saturated carbocycles. The van der Waals surface area contributed by atoms with Crippen LogP contribution < -0.4 is 18.3 Å². The van der Waals surface area contributed by atoms with E-state index in [9.17, 15) is 39.6 Å². The number of carbonyl (C=O) groups is 4.